The van der Waals surface area contributed by atoms with Crippen molar-refractivity contribution in [1.29, 1.82) is 0 Å². The van der Waals surface area contributed by atoms with Crippen LogP contribution in [0.2, 0.25) is 0 Å². The number of carboxylic acid groups (broad SMARTS) is 1. The highest BCUT2D eigenvalue weighted by atomic mass is 19.1. The highest BCUT2D eigenvalue weighted by molar-refractivity contribution is 5.70. The number of anilines is 1. The van der Waals surface area contributed by atoms with E-state index in [2.05, 4.69) is 6.58 Å². The van der Waals surface area contributed by atoms with E-state index in [-0.39, 0.29) is 5.82 Å². The van der Waals surface area contributed by atoms with Crippen molar-refractivity contribution in [3.05, 3.63) is 42.2 Å². The maximum Gasteiger partial charge on any atom is 0.308 e. The van der Waals surface area contributed by atoms with Gasteiger partial charge >= 0.3 is 5.97 Å². The van der Waals surface area contributed by atoms with E-state index in [0.29, 0.717) is 13.1 Å². The highest BCUT2D eigenvalue weighted by Gasteiger charge is 2.16. The van der Waals surface area contributed by atoms with Crippen LogP contribution in [0.25, 0.3) is 0 Å². The molecule has 0 aliphatic carbocycles. The summed E-state index contributed by atoms with van der Waals surface area (Å²) in [5, 5.41) is 8.95. The molecule has 0 fully saturated rings. The van der Waals surface area contributed by atoms with E-state index in [1.165, 1.54) is 12.1 Å². The van der Waals surface area contributed by atoms with Gasteiger partial charge in [-0.25, -0.2) is 4.39 Å². The van der Waals surface area contributed by atoms with E-state index in [9.17, 15) is 9.18 Å². The molecule has 0 aromatic heterocycles. The van der Waals surface area contributed by atoms with E-state index in [1.54, 1.807) is 19.1 Å². The molecule has 1 rings (SSSR count). The number of aliphatic carboxylic acids is 1. The Bertz CT molecular complexity index is 428. The molecule has 0 bridgehead atoms. The molecule has 0 aliphatic heterocycles. The molecule has 0 radical (unpaired) electrons. The average molecular weight is 251 g/mol. The lowest BCUT2D eigenvalue weighted by Crippen LogP contribution is -2.33. The van der Waals surface area contributed by atoms with Gasteiger partial charge in [0.1, 0.15) is 5.82 Å². The minimum absolute atomic E-state index is 0.305. The highest BCUT2D eigenvalue weighted by Crippen LogP contribution is 2.17. The minimum Gasteiger partial charge on any atom is -0.481 e. The van der Waals surface area contributed by atoms with E-state index in [4.69, 9.17) is 5.11 Å². The Morgan fingerprint density at radius 3 is 2.44 bits per heavy atom. The number of rotatable bonds is 6. The molecule has 0 amide bonds. The predicted molar refractivity (Wildman–Crippen MR) is 70.2 cm³/mol. The molecule has 0 aliphatic rings. The number of benzene rings is 1. The first-order valence-electron chi connectivity index (χ1n) is 5.78. The zero-order valence-electron chi connectivity index (χ0n) is 10.7. The maximum absolute atomic E-state index is 12.9. The molecule has 18 heavy (non-hydrogen) atoms. The van der Waals surface area contributed by atoms with Gasteiger partial charge in [-0.1, -0.05) is 19.1 Å². The Hall–Kier alpha value is -1.84. The zero-order chi connectivity index (χ0) is 13.7. The Morgan fingerprint density at radius 2 is 2.00 bits per heavy atom. The lowest BCUT2D eigenvalue weighted by atomic mass is 10.1. The first-order chi connectivity index (χ1) is 8.40. The molecule has 0 saturated carbocycles. The topological polar surface area (TPSA) is 40.5 Å². The summed E-state index contributed by atoms with van der Waals surface area (Å²) in [6.45, 7) is 8.28. The Labute approximate surface area is 107 Å². The van der Waals surface area contributed by atoms with Gasteiger partial charge in [0, 0.05) is 18.8 Å². The molecule has 0 spiro atoms. The molecule has 0 heterocycles. The third-order valence-electron chi connectivity index (χ3n) is 2.57. The molecular weight excluding hydrogens is 233 g/mol. The van der Waals surface area contributed by atoms with Gasteiger partial charge in [-0.15, -0.1) is 0 Å². The first-order valence-corrected chi connectivity index (χ1v) is 5.78. The van der Waals surface area contributed by atoms with Crippen LogP contribution in [0.1, 0.15) is 13.8 Å². The van der Waals surface area contributed by atoms with Crippen LogP contribution in [0.15, 0.2) is 36.4 Å². The van der Waals surface area contributed by atoms with E-state index in [1.807, 2.05) is 11.8 Å². The van der Waals surface area contributed by atoms with Crippen molar-refractivity contribution >= 4 is 11.7 Å². The fraction of sp³-hybridized carbons (Fsp3) is 0.357. The van der Waals surface area contributed by atoms with E-state index in [0.717, 1.165) is 11.3 Å². The van der Waals surface area contributed by atoms with Gasteiger partial charge in [-0.05, 0) is 31.2 Å². The third kappa shape index (κ3) is 4.20. The van der Waals surface area contributed by atoms with Crippen LogP contribution in [0.4, 0.5) is 10.1 Å². The SMILES string of the molecule is C=C(C)CN(CC(C)C(=O)O)c1ccc(F)cc1. The summed E-state index contributed by atoms with van der Waals surface area (Å²) in [6, 6.07) is 6.03. The summed E-state index contributed by atoms with van der Waals surface area (Å²) in [6.07, 6.45) is 0. The standard InChI is InChI=1S/C14H18FNO2/c1-10(2)8-16(9-11(3)14(17)18)13-6-4-12(15)5-7-13/h4-7,11H,1,8-9H2,2-3H3,(H,17,18). The molecule has 1 aromatic rings. The summed E-state index contributed by atoms with van der Waals surface area (Å²) >= 11 is 0. The van der Waals surface area contributed by atoms with Gasteiger partial charge in [0.05, 0.1) is 5.92 Å². The lowest BCUT2D eigenvalue weighted by Gasteiger charge is -2.26. The first kappa shape index (κ1) is 14.2. The van der Waals surface area contributed by atoms with Crippen LogP contribution < -0.4 is 4.90 Å². The monoisotopic (exact) mass is 251 g/mol. The molecule has 0 saturated heterocycles. The van der Waals surface area contributed by atoms with E-state index >= 15 is 0 Å². The molecular formula is C14H18FNO2. The average Bonchev–Trinajstić information content (AvgIpc) is 2.28. The van der Waals surface area contributed by atoms with Gasteiger partial charge in [0.15, 0.2) is 0 Å². The summed E-state index contributed by atoms with van der Waals surface area (Å²) in [7, 11) is 0. The Kier molecular flexibility index (Phi) is 4.89. The zero-order valence-corrected chi connectivity index (χ0v) is 10.7. The van der Waals surface area contributed by atoms with Crippen molar-refractivity contribution < 1.29 is 14.3 Å². The van der Waals surface area contributed by atoms with Crippen molar-refractivity contribution in [3.8, 4) is 0 Å². The number of carbonyl (C=O) groups is 1. The summed E-state index contributed by atoms with van der Waals surface area (Å²) in [4.78, 5) is 12.8. The molecule has 1 N–H and O–H groups in total. The second-order valence-electron chi connectivity index (χ2n) is 4.55. The Balaban J connectivity index is 2.87. The van der Waals surface area contributed by atoms with Gasteiger partial charge in [-0.3, -0.25) is 4.79 Å². The quantitative estimate of drug-likeness (QED) is 0.790. The largest absolute Gasteiger partial charge is 0.481 e. The second kappa shape index (κ2) is 6.19. The van der Waals surface area contributed by atoms with E-state index < -0.39 is 11.9 Å². The second-order valence-corrected chi connectivity index (χ2v) is 4.55. The molecule has 4 heteroatoms. The molecule has 98 valence electrons. The van der Waals surface area contributed by atoms with Crippen molar-refractivity contribution in [3.63, 3.8) is 0 Å². The van der Waals surface area contributed by atoms with Crippen molar-refractivity contribution in [1.82, 2.24) is 0 Å². The normalized spacial score (nSPS) is 11.9. The summed E-state index contributed by atoms with van der Waals surface area (Å²) in [5.74, 6) is -1.64. The number of carboxylic acids is 1. The third-order valence-corrected chi connectivity index (χ3v) is 2.57. The van der Waals surface area contributed by atoms with Gasteiger partial charge in [0.25, 0.3) is 0 Å². The van der Waals surface area contributed by atoms with Crippen LogP contribution >= 0.6 is 0 Å². The smallest absolute Gasteiger partial charge is 0.308 e. The van der Waals surface area contributed by atoms with Crippen LogP contribution in [0, 0.1) is 11.7 Å². The summed E-state index contributed by atoms with van der Waals surface area (Å²) in [5.41, 5.74) is 1.73. The Morgan fingerprint density at radius 1 is 1.44 bits per heavy atom. The number of hydrogen-bond acceptors (Lipinski definition) is 2. The van der Waals surface area contributed by atoms with Crippen LogP contribution in [0.5, 0.6) is 0 Å². The van der Waals surface area contributed by atoms with Gasteiger partial charge in [0.2, 0.25) is 0 Å². The fourth-order valence-electron chi connectivity index (χ4n) is 1.65. The fourth-order valence-corrected chi connectivity index (χ4v) is 1.65. The number of hydrogen-bond donors (Lipinski definition) is 1. The van der Waals surface area contributed by atoms with Crippen LogP contribution in [-0.2, 0) is 4.79 Å². The lowest BCUT2D eigenvalue weighted by molar-refractivity contribution is -0.140. The van der Waals surface area contributed by atoms with Crippen molar-refractivity contribution in [2.24, 2.45) is 5.92 Å². The van der Waals surface area contributed by atoms with Crippen LogP contribution in [0.3, 0.4) is 0 Å². The van der Waals surface area contributed by atoms with Gasteiger partial charge in [-0.2, -0.15) is 0 Å². The van der Waals surface area contributed by atoms with Crippen molar-refractivity contribution in [2.45, 2.75) is 13.8 Å². The molecule has 1 unspecified atom stereocenters. The molecule has 1 aromatic carbocycles. The number of nitrogens with zero attached hydrogens (tertiary/aromatic N) is 1. The minimum atomic E-state index is -0.844. The molecule has 3 nitrogen and oxygen atoms in total. The number of halogens is 1. The maximum atomic E-state index is 12.9. The molecule has 1 atom stereocenters. The van der Waals surface area contributed by atoms with Crippen LogP contribution in [-0.4, -0.2) is 24.2 Å². The predicted octanol–water partition coefficient (Wildman–Crippen LogP) is 2.93. The van der Waals surface area contributed by atoms with Gasteiger partial charge < -0.3 is 10.0 Å². The summed E-state index contributed by atoms with van der Waals surface area (Å²) < 4.78 is 12.9. The van der Waals surface area contributed by atoms with Crippen molar-refractivity contribution in [2.75, 3.05) is 18.0 Å².